The Bertz CT molecular complexity index is 477. The third kappa shape index (κ3) is 3.20. The van der Waals surface area contributed by atoms with Gasteiger partial charge in [-0.15, -0.1) is 11.3 Å². The smallest absolute Gasteiger partial charge is 0.0529 e. The second kappa shape index (κ2) is 5.36. The van der Waals surface area contributed by atoms with Gasteiger partial charge in [0.2, 0.25) is 0 Å². The van der Waals surface area contributed by atoms with E-state index in [-0.39, 0.29) is 0 Å². The second-order valence-electron chi connectivity index (χ2n) is 4.55. The van der Waals surface area contributed by atoms with Crippen LogP contribution in [-0.2, 0) is 6.42 Å². The van der Waals surface area contributed by atoms with Crippen LogP contribution in [0.25, 0.3) is 0 Å². The van der Waals surface area contributed by atoms with Crippen LogP contribution >= 0.6 is 27.3 Å². The zero-order valence-electron chi connectivity index (χ0n) is 10.5. The summed E-state index contributed by atoms with van der Waals surface area (Å²) in [5.74, 6) is 0. The first-order valence-electron chi connectivity index (χ1n) is 5.83. The highest BCUT2D eigenvalue weighted by Gasteiger charge is 2.12. The predicted molar refractivity (Wildman–Crippen MR) is 80.3 cm³/mol. The van der Waals surface area contributed by atoms with Crippen molar-refractivity contribution in [3.8, 4) is 0 Å². The number of aryl methyl sites for hydroxylation is 3. The van der Waals surface area contributed by atoms with Crippen molar-refractivity contribution in [3.05, 3.63) is 56.8 Å². The summed E-state index contributed by atoms with van der Waals surface area (Å²) in [5, 5.41) is 0. The van der Waals surface area contributed by atoms with Crippen molar-refractivity contribution in [1.82, 2.24) is 0 Å². The molecule has 1 atom stereocenters. The fourth-order valence-corrected chi connectivity index (χ4v) is 3.59. The van der Waals surface area contributed by atoms with E-state index < -0.39 is 0 Å². The first kappa shape index (κ1) is 12.8. The molecule has 17 heavy (non-hydrogen) atoms. The molecule has 2 heteroatoms. The lowest BCUT2D eigenvalue weighted by Gasteiger charge is -2.07. The maximum atomic E-state index is 3.80. The Kier molecular flexibility index (Phi) is 4.05. The Balaban J connectivity index is 2.11. The summed E-state index contributed by atoms with van der Waals surface area (Å²) < 4.78 is 0. The average molecular weight is 309 g/mol. The number of benzene rings is 1. The monoisotopic (exact) mass is 308 g/mol. The molecule has 1 unspecified atom stereocenters. The summed E-state index contributed by atoms with van der Waals surface area (Å²) in [6.45, 7) is 6.50. The average Bonchev–Trinajstić information content (AvgIpc) is 2.63. The van der Waals surface area contributed by atoms with Crippen molar-refractivity contribution in [2.24, 2.45) is 0 Å². The normalized spacial score (nSPS) is 12.7. The molecule has 0 N–H and O–H groups in total. The van der Waals surface area contributed by atoms with Crippen LogP contribution in [0.15, 0.2) is 30.3 Å². The minimum atomic E-state index is 0.433. The number of alkyl halides is 1. The van der Waals surface area contributed by atoms with Crippen molar-refractivity contribution in [3.63, 3.8) is 0 Å². The van der Waals surface area contributed by atoms with Crippen molar-refractivity contribution in [2.45, 2.75) is 32.0 Å². The molecule has 0 nitrogen and oxygen atoms in total. The largest absolute Gasteiger partial charge is 0.144 e. The molecule has 90 valence electrons. The fourth-order valence-electron chi connectivity index (χ4n) is 1.79. The number of rotatable bonds is 3. The Hall–Kier alpha value is -0.600. The maximum Gasteiger partial charge on any atom is 0.0529 e. The summed E-state index contributed by atoms with van der Waals surface area (Å²) in [6.07, 6.45) is 1.06. The molecule has 0 aliphatic rings. The molecule has 1 aromatic carbocycles. The molecule has 1 aromatic heterocycles. The Morgan fingerprint density at radius 2 is 1.76 bits per heavy atom. The van der Waals surface area contributed by atoms with Gasteiger partial charge in [-0.1, -0.05) is 45.8 Å². The molecule has 1 heterocycles. The van der Waals surface area contributed by atoms with Crippen LogP contribution < -0.4 is 0 Å². The van der Waals surface area contributed by atoms with E-state index in [1.54, 1.807) is 0 Å². The van der Waals surface area contributed by atoms with Crippen LogP contribution in [0.1, 0.15) is 31.3 Å². The van der Waals surface area contributed by atoms with Crippen LogP contribution in [0.3, 0.4) is 0 Å². The van der Waals surface area contributed by atoms with Crippen molar-refractivity contribution in [2.75, 3.05) is 0 Å². The molecule has 0 amide bonds. The van der Waals surface area contributed by atoms with Gasteiger partial charge in [0.1, 0.15) is 0 Å². The van der Waals surface area contributed by atoms with Gasteiger partial charge in [0, 0.05) is 9.75 Å². The lowest BCUT2D eigenvalue weighted by molar-refractivity contribution is 0.967. The van der Waals surface area contributed by atoms with E-state index in [1.807, 2.05) is 11.3 Å². The molecule has 0 saturated heterocycles. The van der Waals surface area contributed by atoms with Gasteiger partial charge in [-0.05, 0) is 44.4 Å². The van der Waals surface area contributed by atoms with Gasteiger partial charge in [-0.2, -0.15) is 0 Å². The van der Waals surface area contributed by atoms with Gasteiger partial charge in [0.15, 0.2) is 0 Å². The lowest BCUT2D eigenvalue weighted by Crippen LogP contribution is -1.92. The molecule has 0 aliphatic carbocycles. The van der Waals surface area contributed by atoms with Crippen LogP contribution in [-0.4, -0.2) is 0 Å². The molecule has 0 saturated carbocycles. The van der Waals surface area contributed by atoms with E-state index in [0.717, 1.165) is 6.42 Å². The third-order valence-corrected chi connectivity index (χ3v) is 5.42. The van der Waals surface area contributed by atoms with Crippen LogP contribution in [0.2, 0.25) is 0 Å². The first-order chi connectivity index (χ1) is 8.06. The fraction of sp³-hybridized carbons (Fsp3) is 0.333. The van der Waals surface area contributed by atoms with Crippen molar-refractivity contribution in [1.29, 1.82) is 0 Å². The maximum absolute atomic E-state index is 3.80. The van der Waals surface area contributed by atoms with Crippen LogP contribution in [0.5, 0.6) is 0 Å². The Labute approximate surface area is 116 Å². The van der Waals surface area contributed by atoms with Crippen LogP contribution in [0, 0.1) is 20.8 Å². The molecule has 2 aromatic rings. The summed E-state index contributed by atoms with van der Waals surface area (Å²) in [5.41, 5.74) is 4.11. The Morgan fingerprint density at radius 3 is 2.29 bits per heavy atom. The molecule has 0 fully saturated rings. The molecule has 0 bridgehead atoms. The van der Waals surface area contributed by atoms with Crippen molar-refractivity contribution >= 4 is 27.3 Å². The number of halogens is 1. The first-order valence-corrected chi connectivity index (χ1v) is 7.56. The van der Waals surface area contributed by atoms with E-state index in [1.165, 1.54) is 26.4 Å². The Morgan fingerprint density at radius 1 is 1.12 bits per heavy atom. The van der Waals surface area contributed by atoms with E-state index >= 15 is 0 Å². The van der Waals surface area contributed by atoms with E-state index in [2.05, 4.69) is 67.0 Å². The second-order valence-corrected chi connectivity index (χ2v) is 6.94. The SMILES string of the molecule is Cc1ccc(CC(Br)c2cc(C)c(C)s2)cc1. The van der Waals surface area contributed by atoms with Gasteiger partial charge in [-0.25, -0.2) is 0 Å². The highest BCUT2D eigenvalue weighted by Crippen LogP contribution is 2.34. The quantitative estimate of drug-likeness (QED) is 0.670. The van der Waals surface area contributed by atoms with Gasteiger partial charge in [0.05, 0.1) is 4.83 Å². The molecule has 2 rings (SSSR count). The molecular formula is C15H17BrS. The summed E-state index contributed by atoms with van der Waals surface area (Å²) in [4.78, 5) is 3.29. The highest BCUT2D eigenvalue weighted by molar-refractivity contribution is 9.09. The number of hydrogen-bond acceptors (Lipinski definition) is 1. The predicted octanol–water partition coefficient (Wildman–Crippen LogP) is 5.35. The van der Waals surface area contributed by atoms with E-state index in [4.69, 9.17) is 0 Å². The number of hydrogen-bond donors (Lipinski definition) is 0. The van der Waals surface area contributed by atoms with Crippen molar-refractivity contribution < 1.29 is 0 Å². The molecule has 0 aliphatic heterocycles. The molecular weight excluding hydrogens is 292 g/mol. The highest BCUT2D eigenvalue weighted by atomic mass is 79.9. The summed E-state index contributed by atoms with van der Waals surface area (Å²) in [7, 11) is 0. The van der Waals surface area contributed by atoms with Gasteiger partial charge >= 0.3 is 0 Å². The zero-order chi connectivity index (χ0) is 12.4. The minimum Gasteiger partial charge on any atom is -0.144 e. The minimum absolute atomic E-state index is 0.433. The summed E-state index contributed by atoms with van der Waals surface area (Å²) >= 11 is 5.70. The topological polar surface area (TPSA) is 0 Å². The summed E-state index contributed by atoms with van der Waals surface area (Å²) in [6, 6.07) is 11.1. The molecule has 0 spiro atoms. The molecule has 0 radical (unpaired) electrons. The van der Waals surface area contributed by atoms with Gasteiger partial charge in [0.25, 0.3) is 0 Å². The van der Waals surface area contributed by atoms with Crippen LogP contribution in [0.4, 0.5) is 0 Å². The van der Waals surface area contributed by atoms with E-state index in [0.29, 0.717) is 4.83 Å². The lowest BCUT2D eigenvalue weighted by atomic mass is 10.1. The standard InChI is InChI=1S/C15H17BrS/c1-10-4-6-13(7-5-10)9-14(16)15-8-11(2)12(3)17-15/h4-8,14H,9H2,1-3H3. The number of thiophene rings is 1. The van der Waals surface area contributed by atoms with Gasteiger partial charge < -0.3 is 0 Å². The van der Waals surface area contributed by atoms with Gasteiger partial charge in [-0.3, -0.25) is 0 Å². The third-order valence-electron chi connectivity index (χ3n) is 3.03. The zero-order valence-corrected chi connectivity index (χ0v) is 12.9. The van der Waals surface area contributed by atoms with E-state index in [9.17, 15) is 0 Å².